The van der Waals surface area contributed by atoms with E-state index in [1.807, 2.05) is 0 Å². The molecule has 0 aromatic heterocycles. The number of carbonyl (C=O) groups excluding carboxylic acids is 7. The number of amides is 7. The van der Waals surface area contributed by atoms with Gasteiger partial charge < -0.3 is 63.4 Å². The molecule has 3 aromatic carbocycles. The Kier molecular flexibility index (Phi) is 21.6. The Morgan fingerprint density at radius 2 is 0.853 bits per heavy atom. The van der Waals surface area contributed by atoms with Crippen LogP contribution < -0.4 is 43.0 Å². The fourth-order valence-electron chi connectivity index (χ4n) is 6.63. The number of hydrogen-bond acceptors (Lipinski definition) is 12. The Hall–Kier alpha value is -7.88. The first-order valence-corrected chi connectivity index (χ1v) is 21.5. The minimum absolute atomic E-state index is 0.0378. The molecule has 13 N–H and O–H groups in total. The van der Waals surface area contributed by atoms with Crippen LogP contribution in [0.25, 0.3) is 0 Å². The van der Waals surface area contributed by atoms with Gasteiger partial charge in [0.2, 0.25) is 41.4 Å². The minimum atomic E-state index is -2.00. The van der Waals surface area contributed by atoms with Crippen molar-refractivity contribution in [1.82, 2.24) is 37.2 Å². The zero-order valence-electron chi connectivity index (χ0n) is 37.6. The molecule has 0 fully saturated rings. The van der Waals surface area contributed by atoms with E-state index in [2.05, 4.69) is 37.2 Å². The normalized spacial score (nSPS) is 14.4. The Bertz CT molecular complexity index is 2250. The van der Waals surface area contributed by atoms with Crippen molar-refractivity contribution in [3.8, 4) is 5.75 Å². The predicted molar refractivity (Wildman–Crippen MR) is 242 cm³/mol. The van der Waals surface area contributed by atoms with Crippen LogP contribution in [0.1, 0.15) is 56.7 Å². The molecule has 22 heteroatoms. The quantitative estimate of drug-likeness (QED) is 0.0430. The van der Waals surface area contributed by atoms with E-state index in [-0.39, 0.29) is 25.0 Å². The number of benzene rings is 3. The molecule has 22 nitrogen and oxygen atoms in total. The van der Waals surface area contributed by atoms with Crippen LogP contribution in [-0.4, -0.2) is 129 Å². The molecule has 366 valence electrons. The largest absolute Gasteiger partial charge is 0.508 e. The molecule has 0 heterocycles. The topological polar surface area (TPSA) is 362 Å². The number of aromatic hydroxyl groups is 1. The van der Waals surface area contributed by atoms with Crippen LogP contribution >= 0.6 is 0 Å². The van der Waals surface area contributed by atoms with E-state index in [0.717, 1.165) is 6.92 Å². The van der Waals surface area contributed by atoms with Crippen LogP contribution in [0.3, 0.4) is 0 Å². The lowest BCUT2D eigenvalue weighted by atomic mass is 9.96. The number of carboxylic acids is 3. The van der Waals surface area contributed by atoms with Crippen molar-refractivity contribution < 1.29 is 68.4 Å². The number of aliphatic carboxylic acids is 3. The van der Waals surface area contributed by atoms with Gasteiger partial charge in [-0.15, -0.1) is 0 Å². The van der Waals surface area contributed by atoms with Crippen LogP contribution in [0, 0.1) is 5.92 Å². The van der Waals surface area contributed by atoms with Gasteiger partial charge in [-0.3, -0.25) is 47.9 Å². The summed E-state index contributed by atoms with van der Waals surface area (Å²) in [5, 5.41) is 55.3. The van der Waals surface area contributed by atoms with Gasteiger partial charge in [-0.1, -0.05) is 93.1 Å². The lowest BCUT2D eigenvalue weighted by molar-refractivity contribution is -0.144. The third-order valence-electron chi connectivity index (χ3n) is 10.6. The third kappa shape index (κ3) is 18.2. The highest BCUT2D eigenvalue weighted by atomic mass is 16.4. The van der Waals surface area contributed by atoms with Gasteiger partial charge in [0.1, 0.15) is 48.0 Å². The number of carbonyl (C=O) groups is 10. The Morgan fingerprint density at radius 3 is 1.26 bits per heavy atom. The standard InChI is InChI=1S/C46H58N8O14/c1-4-25(2)39(54-44(65)31(49-36(56)24-47)19-27-11-7-5-8-12-27)45(66)53-33(20-28-13-9-6-10-14-28)41(62)51-35(23-38(59)60)43(64)52-34(22-37(57)58)42(63)50-32(40(61)48-26(3)46(67)68)21-29-15-17-30(55)18-16-29/h5-18,25-26,31-35,39,55H,4,19-24,47H2,1-3H3,(H,48,61)(H,49,56)(H,50,63)(H,51,62)(H,52,64)(H,53,66)(H,54,65)(H,57,58)(H,59,60)(H,67,68)/t25-,26-,31-,32-,33-,34-,35-,39-/m0/s1. The summed E-state index contributed by atoms with van der Waals surface area (Å²) < 4.78 is 0. The van der Waals surface area contributed by atoms with Gasteiger partial charge in [-0.2, -0.15) is 0 Å². The molecular formula is C46H58N8O14. The van der Waals surface area contributed by atoms with Gasteiger partial charge in [0.15, 0.2) is 0 Å². The number of hydrogen-bond donors (Lipinski definition) is 12. The molecule has 0 unspecified atom stereocenters. The highest BCUT2D eigenvalue weighted by Gasteiger charge is 2.36. The number of nitrogens with two attached hydrogens (primary N) is 1. The van der Waals surface area contributed by atoms with Crippen LogP contribution in [-0.2, 0) is 67.2 Å². The highest BCUT2D eigenvalue weighted by molar-refractivity contribution is 5.99. The second-order valence-corrected chi connectivity index (χ2v) is 16.0. The molecule has 68 heavy (non-hydrogen) atoms. The third-order valence-corrected chi connectivity index (χ3v) is 10.6. The molecule has 0 saturated carbocycles. The van der Waals surface area contributed by atoms with Crippen molar-refractivity contribution in [2.75, 3.05) is 6.54 Å². The minimum Gasteiger partial charge on any atom is -0.508 e. The van der Waals surface area contributed by atoms with E-state index in [4.69, 9.17) is 5.73 Å². The first kappa shape index (κ1) is 54.5. The van der Waals surface area contributed by atoms with E-state index in [1.165, 1.54) is 24.3 Å². The second kappa shape index (κ2) is 26.9. The van der Waals surface area contributed by atoms with Crippen LogP contribution in [0.4, 0.5) is 0 Å². The molecule has 0 aliphatic heterocycles. The molecule has 0 saturated heterocycles. The summed E-state index contributed by atoms with van der Waals surface area (Å²) in [4.78, 5) is 131. The smallest absolute Gasteiger partial charge is 0.325 e. The fraction of sp³-hybridized carbons (Fsp3) is 0.391. The summed E-state index contributed by atoms with van der Waals surface area (Å²) in [5.41, 5.74) is 7.07. The van der Waals surface area contributed by atoms with E-state index >= 15 is 0 Å². The zero-order valence-corrected chi connectivity index (χ0v) is 37.6. The summed E-state index contributed by atoms with van der Waals surface area (Å²) in [6, 6.07) is 11.3. The van der Waals surface area contributed by atoms with Crippen molar-refractivity contribution in [2.45, 2.75) is 102 Å². The Labute approximate surface area is 391 Å². The molecule has 8 atom stereocenters. The van der Waals surface area contributed by atoms with Gasteiger partial charge in [0, 0.05) is 19.3 Å². The Balaban J connectivity index is 1.92. The highest BCUT2D eigenvalue weighted by Crippen LogP contribution is 2.14. The first-order chi connectivity index (χ1) is 32.2. The Morgan fingerprint density at radius 1 is 0.485 bits per heavy atom. The summed E-state index contributed by atoms with van der Waals surface area (Å²) in [5.74, 6) is -12.3. The van der Waals surface area contributed by atoms with Crippen molar-refractivity contribution in [3.63, 3.8) is 0 Å². The van der Waals surface area contributed by atoms with Crippen LogP contribution in [0.2, 0.25) is 0 Å². The lowest BCUT2D eigenvalue weighted by Gasteiger charge is -2.29. The van der Waals surface area contributed by atoms with Crippen molar-refractivity contribution in [2.24, 2.45) is 11.7 Å². The van der Waals surface area contributed by atoms with E-state index in [0.29, 0.717) is 23.1 Å². The number of phenolic OH excluding ortho intramolecular Hbond substituents is 1. The predicted octanol–water partition coefficient (Wildman–Crippen LogP) is -1.13. The van der Waals surface area contributed by atoms with Crippen LogP contribution in [0.15, 0.2) is 84.9 Å². The number of phenols is 1. The van der Waals surface area contributed by atoms with Gasteiger partial charge in [-0.05, 0) is 41.7 Å². The average Bonchev–Trinajstić information content (AvgIpc) is 3.30. The van der Waals surface area contributed by atoms with Gasteiger partial charge in [-0.25, -0.2) is 0 Å². The van der Waals surface area contributed by atoms with Crippen molar-refractivity contribution >= 4 is 59.3 Å². The number of carboxylic acid groups (broad SMARTS) is 3. The van der Waals surface area contributed by atoms with Gasteiger partial charge in [0.05, 0.1) is 19.4 Å². The molecule has 0 aliphatic rings. The van der Waals surface area contributed by atoms with Crippen molar-refractivity contribution in [3.05, 3.63) is 102 Å². The first-order valence-electron chi connectivity index (χ1n) is 21.5. The second-order valence-electron chi connectivity index (χ2n) is 16.0. The van der Waals surface area contributed by atoms with E-state index < -0.39 is 127 Å². The van der Waals surface area contributed by atoms with Crippen LogP contribution in [0.5, 0.6) is 5.75 Å². The maximum absolute atomic E-state index is 14.2. The molecule has 0 radical (unpaired) electrons. The monoisotopic (exact) mass is 946 g/mol. The van der Waals surface area contributed by atoms with E-state index in [1.54, 1.807) is 74.5 Å². The number of nitrogens with one attached hydrogen (secondary N) is 7. The summed E-state index contributed by atoms with van der Waals surface area (Å²) in [6.07, 6.45) is -2.35. The summed E-state index contributed by atoms with van der Waals surface area (Å²) in [6.45, 7) is 4.14. The molecule has 3 aromatic rings. The maximum Gasteiger partial charge on any atom is 0.325 e. The van der Waals surface area contributed by atoms with E-state index in [9.17, 15) is 68.4 Å². The molecule has 0 bridgehead atoms. The summed E-state index contributed by atoms with van der Waals surface area (Å²) in [7, 11) is 0. The molecule has 0 spiro atoms. The fourth-order valence-corrected chi connectivity index (χ4v) is 6.63. The summed E-state index contributed by atoms with van der Waals surface area (Å²) >= 11 is 0. The van der Waals surface area contributed by atoms with Gasteiger partial charge in [0.25, 0.3) is 0 Å². The number of rotatable bonds is 27. The molecule has 3 rings (SSSR count). The molecule has 0 aliphatic carbocycles. The SMILES string of the molecule is CC[C@H](C)[C@H](NC(=O)[C@H](Cc1ccccc1)NC(=O)CN)C(=O)N[C@@H](Cc1ccccc1)C(=O)N[C@@H](CC(=O)O)C(=O)N[C@@H](CC(=O)O)C(=O)N[C@@H](Cc1ccc(O)cc1)C(=O)N[C@@H](C)C(=O)O. The average molecular weight is 947 g/mol. The maximum atomic E-state index is 14.2. The zero-order chi connectivity index (χ0) is 50.5. The molecule has 7 amide bonds. The van der Waals surface area contributed by atoms with Crippen molar-refractivity contribution in [1.29, 1.82) is 0 Å². The lowest BCUT2D eigenvalue weighted by Crippen LogP contribution is -2.61. The molecular weight excluding hydrogens is 889 g/mol. The van der Waals surface area contributed by atoms with Gasteiger partial charge >= 0.3 is 17.9 Å².